The molecule has 3 heteroatoms. The van der Waals surface area contributed by atoms with Gasteiger partial charge < -0.3 is 15.0 Å². The molecule has 0 amide bonds. The molecule has 100 valence electrons. The van der Waals surface area contributed by atoms with Crippen molar-refractivity contribution in [3.63, 3.8) is 0 Å². The highest BCUT2D eigenvalue weighted by molar-refractivity contribution is 4.75. The number of nitrogens with zero attached hydrogens (tertiary/aromatic N) is 1. The highest BCUT2D eigenvalue weighted by Gasteiger charge is 2.16. The predicted molar refractivity (Wildman–Crippen MR) is 71.3 cm³/mol. The van der Waals surface area contributed by atoms with Crippen LogP contribution in [0.4, 0.5) is 0 Å². The van der Waals surface area contributed by atoms with E-state index in [2.05, 4.69) is 17.3 Å². The Hall–Kier alpha value is -0.120. The minimum absolute atomic E-state index is 0.558. The van der Waals surface area contributed by atoms with E-state index >= 15 is 0 Å². The van der Waals surface area contributed by atoms with E-state index in [4.69, 9.17) is 4.74 Å². The van der Waals surface area contributed by atoms with Crippen LogP contribution in [0, 0.1) is 0 Å². The topological polar surface area (TPSA) is 24.5 Å². The molecule has 1 aliphatic carbocycles. The van der Waals surface area contributed by atoms with Gasteiger partial charge in [0, 0.05) is 12.6 Å². The molecule has 2 aliphatic rings. The van der Waals surface area contributed by atoms with E-state index < -0.39 is 0 Å². The van der Waals surface area contributed by atoms with Crippen LogP contribution in [0.3, 0.4) is 0 Å². The van der Waals surface area contributed by atoms with Gasteiger partial charge in [-0.1, -0.05) is 19.3 Å². The van der Waals surface area contributed by atoms with Crippen molar-refractivity contribution >= 4 is 0 Å². The molecule has 0 radical (unpaired) electrons. The van der Waals surface area contributed by atoms with Crippen LogP contribution in [0.5, 0.6) is 0 Å². The number of rotatable bonds is 5. The Morgan fingerprint density at radius 2 is 1.76 bits per heavy atom. The van der Waals surface area contributed by atoms with Crippen molar-refractivity contribution in [1.29, 1.82) is 0 Å². The molecule has 1 heterocycles. The van der Waals surface area contributed by atoms with E-state index in [-0.39, 0.29) is 0 Å². The zero-order valence-electron chi connectivity index (χ0n) is 11.3. The Bertz CT molecular complexity index is 196. The lowest BCUT2D eigenvalue weighted by Crippen LogP contribution is -2.42. The lowest BCUT2D eigenvalue weighted by atomic mass is 9.98. The Balaban J connectivity index is 1.48. The molecular formula is C14H28N2O. The molecule has 0 spiro atoms. The number of ether oxygens (including phenoxy) is 1. The second-order valence-corrected chi connectivity index (χ2v) is 5.66. The van der Waals surface area contributed by atoms with Gasteiger partial charge in [0.15, 0.2) is 0 Å². The summed E-state index contributed by atoms with van der Waals surface area (Å²) in [5.41, 5.74) is 0. The first kappa shape index (κ1) is 13.3. The zero-order chi connectivity index (χ0) is 11.9. The van der Waals surface area contributed by atoms with Crippen molar-refractivity contribution in [3.05, 3.63) is 0 Å². The Labute approximate surface area is 106 Å². The monoisotopic (exact) mass is 240 g/mol. The quantitative estimate of drug-likeness (QED) is 0.744. The van der Waals surface area contributed by atoms with Crippen LogP contribution in [0.15, 0.2) is 0 Å². The van der Waals surface area contributed by atoms with Crippen LogP contribution >= 0.6 is 0 Å². The first-order chi connectivity index (χ1) is 8.34. The maximum Gasteiger partial charge on any atom is 0.0594 e. The van der Waals surface area contributed by atoms with E-state index in [0.29, 0.717) is 6.10 Å². The average molecular weight is 240 g/mol. The SMILES string of the molecule is CN1CCC(NCCOC2CCCCC2)CC1. The van der Waals surface area contributed by atoms with Gasteiger partial charge in [0.2, 0.25) is 0 Å². The van der Waals surface area contributed by atoms with Gasteiger partial charge in [-0.05, 0) is 45.8 Å². The van der Waals surface area contributed by atoms with Crippen LogP contribution in [0.1, 0.15) is 44.9 Å². The van der Waals surface area contributed by atoms with Gasteiger partial charge in [-0.2, -0.15) is 0 Å². The average Bonchev–Trinajstić information content (AvgIpc) is 2.38. The molecule has 0 atom stereocenters. The van der Waals surface area contributed by atoms with E-state index in [1.165, 1.54) is 58.0 Å². The molecule has 2 fully saturated rings. The smallest absolute Gasteiger partial charge is 0.0594 e. The van der Waals surface area contributed by atoms with Crippen LogP contribution in [-0.2, 0) is 4.74 Å². The van der Waals surface area contributed by atoms with Gasteiger partial charge in [-0.25, -0.2) is 0 Å². The molecule has 0 unspecified atom stereocenters. The summed E-state index contributed by atoms with van der Waals surface area (Å²) >= 11 is 0. The number of likely N-dealkylation sites (tertiary alicyclic amines) is 1. The number of piperidine rings is 1. The summed E-state index contributed by atoms with van der Waals surface area (Å²) in [7, 11) is 2.21. The van der Waals surface area contributed by atoms with E-state index in [1.807, 2.05) is 0 Å². The molecule has 3 nitrogen and oxygen atoms in total. The van der Waals surface area contributed by atoms with Gasteiger partial charge >= 0.3 is 0 Å². The molecule has 0 aromatic heterocycles. The molecule has 1 saturated heterocycles. The van der Waals surface area contributed by atoms with Crippen molar-refractivity contribution in [2.75, 3.05) is 33.3 Å². The van der Waals surface area contributed by atoms with Crippen LogP contribution < -0.4 is 5.32 Å². The predicted octanol–water partition coefficient (Wildman–Crippen LogP) is 2.02. The molecule has 1 saturated carbocycles. The summed E-state index contributed by atoms with van der Waals surface area (Å²) in [6.45, 7) is 4.41. The normalized spacial score (nSPS) is 25.2. The minimum atomic E-state index is 0.558. The molecule has 0 aromatic rings. The van der Waals surface area contributed by atoms with E-state index in [1.54, 1.807) is 0 Å². The Morgan fingerprint density at radius 3 is 2.47 bits per heavy atom. The number of hydrogen-bond acceptors (Lipinski definition) is 3. The summed E-state index contributed by atoms with van der Waals surface area (Å²) in [6.07, 6.45) is 9.86. The van der Waals surface area contributed by atoms with E-state index in [9.17, 15) is 0 Å². The fourth-order valence-corrected chi connectivity index (χ4v) is 2.93. The highest BCUT2D eigenvalue weighted by Crippen LogP contribution is 2.19. The molecular weight excluding hydrogens is 212 g/mol. The maximum atomic E-state index is 5.92. The third kappa shape index (κ3) is 4.94. The van der Waals surface area contributed by atoms with Crippen molar-refractivity contribution in [1.82, 2.24) is 10.2 Å². The highest BCUT2D eigenvalue weighted by atomic mass is 16.5. The van der Waals surface area contributed by atoms with Crippen molar-refractivity contribution in [3.8, 4) is 0 Å². The molecule has 0 aromatic carbocycles. The third-order valence-corrected chi connectivity index (χ3v) is 4.16. The van der Waals surface area contributed by atoms with Gasteiger partial charge in [0.1, 0.15) is 0 Å². The van der Waals surface area contributed by atoms with Crippen LogP contribution in [0.25, 0.3) is 0 Å². The Morgan fingerprint density at radius 1 is 1.06 bits per heavy atom. The van der Waals surface area contributed by atoms with Gasteiger partial charge in [0.05, 0.1) is 12.7 Å². The van der Waals surface area contributed by atoms with Crippen molar-refractivity contribution in [2.45, 2.75) is 57.1 Å². The fraction of sp³-hybridized carbons (Fsp3) is 1.00. The van der Waals surface area contributed by atoms with Gasteiger partial charge in [-0.15, -0.1) is 0 Å². The lowest BCUT2D eigenvalue weighted by molar-refractivity contribution is 0.0286. The molecule has 2 rings (SSSR count). The van der Waals surface area contributed by atoms with Gasteiger partial charge in [-0.3, -0.25) is 0 Å². The third-order valence-electron chi connectivity index (χ3n) is 4.16. The Kier molecular flexibility index (Phi) is 5.75. The van der Waals surface area contributed by atoms with Crippen molar-refractivity contribution < 1.29 is 4.74 Å². The summed E-state index contributed by atoms with van der Waals surface area (Å²) in [4.78, 5) is 2.41. The summed E-state index contributed by atoms with van der Waals surface area (Å²) < 4.78 is 5.92. The second kappa shape index (κ2) is 7.34. The number of hydrogen-bond donors (Lipinski definition) is 1. The summed E-state index contributed by atoms with van der Waals surface area (Å²) in [5, 5.41) is 3.63. The van der Waals surface area contributed by atoms with Crippen molar-refractivity contribution in [2.24, 2.45) is 0 Å². The largest absolute Gasteiger partial charge is 0.377 e. The first-order valence-corrected chi connectivity index (χ1v) is 7.38. The first-order valence-electron chi connectivity index (χ1n) is 7.38. The summed E-state index contributed by atoms with van der Waals surface area (Å²) in [5.74, 6) is 0. The number of nitrogens with one attached hydrogen (secondary N) is 1. The lowest BCUT2D eigenvalue weighted by Gasteiger charge is -2.30. The second-order valence-electron chi connectivity index (χ2n) is 5.66. The minimum Gasteiger partial charge on any atom is -0.377 e. The van der Waals surface area contributed by atoms with Gasteiger partial charge in [0.25, 0.3) is 0 Å². The standard InChI is InChI=1S/C14H28N2O/c1-16-10-7-13(8-11-16)15-9-12-17-14-5-3-2-4-6-14/h13-15H,2-12H2,1H3. The van der Waals surface area contributed by atoms with Crippen LogP contribution in [-0.4, -0.2) is 50.3 Å². The summed E-state index contributed by atoms with van der Waals surface area (Å²) in [6, 6.07) is 0.723. The molecule has 1 N–H and O–H groups in total. The molecule has 1 aliphatic heterocycles. The molecule has 17 heavy (non-hydrogen) atoms. The van der Waals surface area contributed by atoms with E-state index in [0.717, 1.165) is 19.2 Å². The van der Waals surface area contributed by atoms with Crippen LogP contribution in [0.2, 0.25) is 0 Å². The zero-order valence-corrected chi connectivity index (χ0v) is 11.3. The fourth-order valence-electron chi connectivity index (χ4n) is 2.93. The maximum absolute atomic E-state index is 5.92. The molecule has 0 bridgehead atoms.